The van der Waals surface area contributed by atoms with E-state index in [0.29, 0.717) is 6.54 Å². The molecule has 1 aliphatic heterocycles. The zero-order valence-corrected chi connectivity index (χ0v) is 14.3. The van der Waals surface area contributed by atoms with E-state index in [-0.39, 0.29) is 11.8 Å². The van der Waals surface area contributed by atoms with Gasteiger partial charge < -0.3 is 9.73 Å². The van der Waals surface area contributed by atoms with Crippen LogP contribution in [0, 0.1) is 5.92 Å². The molecule has 2 heterocycles. The van der Waals surface area contributed by atoms with E-state index in [4.69, 9.17) is 4.42 Å². The molecule has 128 valence electrons. The third-order valence-corrected chi connectivity index (χ3v) is 4.81. The van der Waals surface area contributed by atoms with Gasteiger partial charge in [-0.25, -0.2) is 0 Å². The number of carbonyl (C=O) groups excluding carboxylic acids is 1. The minimum atomic E-state index is 0.124. The molecule has 4 heteroatoms. The molecule has 1 fully saturated rings. The molecule has 1 N–H and O–H groups in total. The Morgan fingerprint density at radius 1 is 1.17 bits per heavy atom. The van der Waals surface area contributed by atoms with E-state index < -0.39 is 0 Å². The first kappa shape index (κ1) is 16.8. The predicted octanol–water partition coefficient (Wildman–Crippen LogP) is 3.37. The molecule has 1 aromatic carbocycles. The van der Waals surface area contributed by atoms with E-state index in [2.05, 4.69) is 41.4 Å². The molecule has 0 atom stereocenters. The highest BCUT2D eigenvalue weighted by Gasteiger charge is 2.24. The van der Waals surface area contributed by atoms with Gasteiger partial charge in [0.2, 0.25) is 5.91 Å². The molecule has 1 amide bonds. The van der Waals surface area contributed by atoms with Crippen LogP contribution in [-0.4, -0.2) is 23.9 Å². The van der Waals surface area contributed by atoms with Gasteiger partial charge in [0.15, 0.2) is 0 Å². The second-order valence-corrected chi connectivity index (χ2v) is 6.52. The fourth-order valence-corrected chi connectivity index (χ4v) is 3.22. The van der Waals surface area contributed by atoms with Crippen molar-refractivity contribution in [2.24, 2.45) is 5.92 Å². The zero-order valence-electron chi connectivity index (χ0n) is 14.3. The number of benzene rings is 1. The van der Waals surface area contributed by atoms with Gasteiger partial charge in [-0.15, -0.1) is 0 Å². The van der Waals surface area contributed by atoms with E-state index in [1.165, 1.54) is 11.1 Å². The van der Waals surface area contributed by atoms with Gasteiger partial charge >= 0.3 is 0 Å². The minimum Gasteiger partial charge on any atom is -0.467 e. The molecule has 0 bridgehead atoms. The lowest BCUT2D eigenvalue weighted by Crippen LogP contribution is -2.40. The Kier molecular flexibility index (Phi) is 5.70. The number of carbonyl (C=O) groups is 1. The van der Waals surface area contributed by atoms with Crippen molar-refractivity contribution in [1.82, 2.24) is 10.2 Å². The summed E-state index contributed by atoms with van der Waals surface area (Å²) in [5, 5.41) is 2.98. The van der Waals surface area contributed by atoms with Gasteiger partial charge in [-0.1, -0.05) is 31.2 Å². The Bertz CT molecular complexity index is 626. The van der Waals surface area contributed by atoms with Crippen molar-refractivity contribution < 1.29 is 9.21 Å². The number of hydrogen-bond donors (Lipinski definition) is 1. The van der Waals surface area contributed by atoms with Crippen LogP contribution in [-0.2, 0) is 24.3 Å². The van der Waals surface area contributed by atoms with Crippen LogP contribution in [0.2, 0.25) is 0 Å². The number of likely N-dealkylation sites (tertiary alicyclic amines) is 1. The van der Waals surface area contributed by atoms with Crippen LogP contribution in [0.3, 0.4) is 0 Å². The molecule has 2 aromatic rings. The molecule has 0 unspecified atom stereocenters. The first-order valence-corrected chi connectivity index (χ1v) is 8.85. The van der Waals surface area contributed by atoms with Gasteiger partial charge in [0.25, 0.3) is 0 Å². The summed E-state index contributed by atoms with van der Waals surface area (Å²) in [6.45, 7) is 5.60. The molecule has 0 saturated carbocycles. The number of nitrogens with one attached hydrogen (secondary N) is 1. The molecule has 1 aromatic heterocycles. The smallest absolute Gasteiger partial charge is 0.223 e. The van der Waals surface area contributed by atoms with Gasteiger partial charge in [0, 0.05) is 12.5 Å². The molecular weight excluding hydrogens is 300 g/mol. The van der Waals surface area contributed by atoms with Crippen molar-refractivity contribution >= 4 is 5.91 Å². The largest absolute Gasteiger partial charge is 0.467 e. The maximum Gasteiger partial charge on any atom is 0.223 e. The van der Waals surface area contributed by atoms with Gasteiger partial charge in [-0.05, 0) is 55.6 Å². The van der Waals surface area contributed by atoms with Crippen molar-refractivity contribution in [3.8, 4) is 0 Å². The average molecular weight is 326 g/mol. The molecule has 1 saturated heterocycles. The summed E-state index contributed by atoms with van der Waals surface area (Å²) >= 11 is 0. The third-order valence-electron chi connectivity index (χ3n) is 4.81. The number of aryl methyl sites for hydroxylation is 1. The Morgan fingerprint density at radius 3 is 2.50 bits per heavy atom. The quantitative estimate of drug-likeness (QED) is 0.885. The van der Waals surface area contributed by atoms with Crippen molar-refractivity contribution in [2.75, 3.05) is 13.1 Å². The summed E-state index contributed by atoms with van der Waals surface area (Å²) in [6.07, 6.45) is 4.57. The Hall–Kier alpha value is -2.07. The third kappa shape index (κ3) is 4.48. The summed E-state index contributed by atoms with van der Waals surface area (Å²) in [4.78, 5) is 14.7. The first-order valence-electron chi connectivity index (χ1n) is 8.85. The van der Waals surface area contributed by atoms with Crippen LogP contribution in [0.4, 0.5) is 0 Å². The normalized spacial score (nSPS) is 16.2. The molecule has 0 spiro atoms. The Balaban J connectivity index is 1.42. The summed E-state index contributed by atoms with van der Waals surface area (Å²) in [6, 6.07) is 12.6. The SMILES string of the molecule is CCc1ccc(CN2CCC(C(=O)NCc3ccco3)CC2)cc1. The minimum absolute atomic E-state index is 0.124. The highest BCUT2D eigenvalue weighted by atomic mass is 16.3. The molecule has 0 radical (unpaired) electrons. The van der Waals surface area contributed by atoms with E-state index >= 15 is 0 Å². The lowest BCUT2D eigenvalue weighted by Gasteiger charge is -2.31. The lowest BCUT2D eigenvalue weighted by molar-refractivity contribution is -0.126. The number of hydrogen-bond acceptors (Lipinski definition) is 3. The van der Waals surface area contributed by atoms with Crippen molar-refractivity contribution in [1.29, 1.82) is 0 Å². The first-order chi connectivity index (χ1) is 11.7. The summed E-state index contributed by atoms with van der Waals surface area (Å²) in [5.74, 6) is 1.08. The summed E-state index contributed by atoms with van der Waals surface area (Å²) in [7, 11) is 0. The standard InChI is InChI=1S/C20H26N2O2/c1-2-16-5-7-17(8-6-16)15-22-11-9-18(10-12-22)20(23)21-14-19-4-3-13-24-19/h3-8,13,18H,2,9-12,14-15H2,1H3,(H,21,23). The van der Waals surface area contributed by atoms with E-state index in [0.717, 1.165) is 44.7 Å². The van der Waals surface area contributed by atoms with E-state index in [1.807, 2.05) is 12.1 Å². The molecule has 0 aliphatic carbocycles. The van der Waals surface area contributed by atoms with Crippen LogP contribution in [0.1, 0.15) is 36.7 Å². The molecular formula is C20H26N2O2. The Morgan fingerprint density at radius 2 is 1.88 bits per heavy atom. The van der Waals surface area contributed by atoms with Gasteiger partial charge in [-0.2, -0.15) is 0 Å². The predicted molar refractivity (Wildman–Crippen MR) is 94.4 cm³/mol. The maximum absolute atomic E-state index is 12.3. The fraction of sp³-hybridized carbons (Fsp3) is 0.450. The topological polar surface area (TPSA) is 45.5 Å². The highest BCUT2D eigenvalue weighted by Crippen LogP contribution is 2.19. The van der Waals surface area contributed by atoms with Gasteiger partial charge in [0.1, 0.15) is 5.76 Å². The van der Waals surface area contributed by atoms with Crippen LogP contribution in [0.15, 0.2) is 47.1 Å². The van der Waals surface area contributed by atoms with Gasteiger partial charge in [-0.3, -0.25) is 9.69 Å². The van der Waals surface area contributed by atoms with E-state index in [1.54, 1.807) is 6.26 Å². The maximum atomic E-state index is 12.3. The molecule has 3 rings (SSSR count). The van der Waals surface area contributed by atoms with Crippen LogP contribution in [0.5, 0.6) is 0 Å². The van der Waals surface area contributed by atoms with Gasteiger partial charge in [0.05, 0.1) is 12.8 Å². The monoisotopic (exact) mass is 326 g/mol. The van der Waals surface area contributed by atoms with Crippen molar-refractivity contribution in [3.05, 3.63) is 59.5 Å². The highest BCUT2D eigenvalue weighted by molar-refractivity contribution is 5.78. The Labute approximate surface area is 143 Å². The summed E-state index contributed by atoms with van der Waals surface area (Å²) < 4.78 is 5.25. The van der Waals surface area contributed by atoms with Crippen molar-refractivity contribution in [2.45, 2.75) is 39.3 Å². The second-order valence-electron chi connectivity index (χ2n) is 6.52. The van der Waals surface area contributed by atoms with Crippen molar-refractivity contribution in [3.63, 3.8) is 0 Å². The molecule has 4 nitrogen and oxygen atoms in total. The number of amides is 1. The summed E-state index contributed by atoms with van der Waals surface area (Å²) in [5.41, 5.74) is 2.73. The van der Waals surface area contributed by atoms with Crippen LogP contribution >= 0.6 is 0 Å². The number of piperidine rings is 1. The second kappa shape index (κ2) is 8.15. The average Bonchev–Trinajstić information content (AvgIpc) is 3.14. The molecule has 24 heavy (non-hydrogen) atoms. The number of furan rings is 1. The fourth-order valence-electron chi connectivity index (χ4n) is 3.22. The van der Waals surface area contributed by atoms with Crippen LogP contribution in [0.25, 0.3) is 0 Å². The van der Waals surface area contributed by atoms with Crippen LogP contribution < -0.4 is 5.32 Å². The molecule has 1 aliphatic rings. The number of rotatable bonds is 6. The number of nitrogens with zero attached hydrogens (tertiary/aromatic N) is 1. The van der Waals surface area contributed by atoms with E-state index in [9.17, 15) is 4.79 Å². The lowest BCUT2D eigenvalue weighted by atomic mass is 9.95. The zero-order chi connectivity index (χ0) is 16.8.